The van der Waals surface area contributed by atoms with Crippen LogP contribution in [-0.2, 0) is 14.3 Å². The molecular formula is C29H33Cl2N5O6. The number of methoxy groups -OCH3 is 1. The van der Waals surface area contributed by atoms with Gasteiger partial charge in [0.1, 0.15) is 23.3 Å². The normalized spacial score (nSPS) is 20.1. The van der Waals surface area contributed by atoms with Crippen LogP contribution in [0.25, 0.3) is 17.0 Å². The molecule has 1 aliphatic rings. The van der Waals surface area contributed by atoms with Gasteiger partial charge in [0.2, 0.25) is 5.88 Å². The number of H-pyrrole nitrogens is 1. The number of nitriles is 1. The number of aromatic amines is 1. The van der Waals surface area contributed by atoms with Crippen LogP contribution in [0.5, 0.6) is 5.88 Å². The van der Waals surface area contributed by atoms with Crippen LogP contribution in [0.1, 0.15) is 62.4 Å². The van der Waals surface area contributed by atoms with Crippen LogP contribution in [0.15, 0.2) is 18.2 Å². The van der Waals surface area contributed by atoms with Crippen LogP contribution in [0.4, 0.5) is 4.79 Å². The Morgan fingerprint density at radius 3 is 2.48 bits per heavy atom. The van der Waals surface area contributed by atoms with Gasteiger partial charge in [-0.05, 0) is 55.2 Å². The molecule has 1 fully saturated rings. The zero-order chi connectivity index (χ0) is 30.7. The minimum atomic E-state index is -0.801. The third-order valence-electron chi connectivity index (χ3n) is 7.56. The summed E-state index contributed by atoms with van der Waals surface area (Å²) in [5.41, 5.74) is 0.291. The van der Waals surface area contributed by atoms with Gasteiger partial charge in [-0.25, -0.2) is 19.1 Å². The van der Waals surface area contributed by atoms with Crippen LogP contribution >= 0.6 is 23.2 Å². The first-order valence-corrected chi connectivity index (χ1v) is 14.4. The van der Waals surface area contributed by atoms with Crippen molar-refractivity contribution in [3.63, 3.8) is 0 Å². The van der Waals surface area contributed by atoms with E-state index >= 15 is 0 Å². The molecule has 1 amide bonds. The van der Waals surface area contributed by atoms with Gasteiger partial charge in [0.25, 0.3) is 0 Å². The van der Waals surface area contributed by atoms with Crippen LogP contribution in [-0.4, -0.2) is 64.3 Å². The van der Waals surface area contributed by atoms with E-state index in [0.717, 1.165) is 12.8 Å². The predicted octanol–water partition coefficient (Wildman–Crippen LogP) is 6.12. The van der Waals surface area contributed by atoms with Crippen molar-refractivity contribution in [1.82, 2.24) is 19.5 Å². The highest BCUT2D eigenvalue weighted by molar-refractivity contribution is 6.42. The molecule has 0 radical (unpaired) electrons. The van der Waals surface area contributed by atoms with Crippen LogP contribution in [0.2, 0.25) is 10.0 Å². The monoisotopic (exact) mass is 617 g/mol. The van der Waals surface area contributed by atoms with Gasteiger partial charge in [-0.2, -0.15) is 5.26 Å². The lowest BCUT2D eigenvalue weighted by molar-refractivity contribution is -0.140. The number of ether oxygens (including phenoxy) is 3. The fourth-order valence-electron chi connectivity index (χ4n) is 5.58. The maximum Gasteiger partial charge on any atom is 0.416 e. The van der Waals surface area contributed by atoms with Gasteiger partial charge in [0.15, 0.2) is 11.5 Å². The summed E-state index contributed by atoms with van der Waals surface area (Å²) in [6.45, 7) is 6.46. The summed E-state index contributed by atoms with van der Waals surface area (Å²) in [4.78, 5) is 44.0. The molecule has 13 heteroatoms. The molecule has 3 aromatic rings. The summed E-state index contributed by atoms with van der Waals surface area (Å²) in [6, 6.07) is 6.88. The van der Waals surface area contributed by atoms with E-state index in [2.05, 4.69) is 21.7 Å². The molecule has 0 spiro atoms. The summed E-state index contributed by atoms with van der Waals surface area (Å²) in [5, 5.41) is 13.8. The quantitative estimate of drug-likeness (QED) is 0.298. The third-order valence-corrected chi connectivity index (χ3v) is 8.30. The maximum absolute atomic E-state index is 13.7. The van der Waals surface area contributed by atoms with Crippen molar-refractivity contribution in [2.45, 2.75) is 52.6 Å². The lowest BCUT2D eigenvalue weighted by Gasteiger charge is -2.37. The minimum Gasteiger partial charge on any atom is -0.469 e. The van der Waals surface area contributed by atoms with E-state index in [-0.39, 0.29) is 53.6 Å². The fourth-order valence-corrected chi connectivity index (χ4v) is 5.87. The Labute approximate surface area is 253 Å². The number of esters is 2. The molecular weight excluding hydrogens is 585 g/mol. The van der Waals surface area contributed by atoms with Gasteiger partial charge in [-0.15, -0.1) is 0 Å². The van der Waals surface area contributed by atoms with Crippen LogP contribution in [0, 0.1) is 29.1 Å². The average molecular weight is 619 g/mol. The van der Waals surface area contributed by atoms with E-state index < -0.39 is 18.0 Å². The van der Waals surface area contributed by atoms with Crippen molar-refractivity contribution < 1.29 is 28.6 Å². The average Bonchev–Trinajstić information content (AvgIpc) is 3.49. The van der Waals surface area contributed by atoms with Crippen molar-refractivity contribution in [1.29, 1.82) is 5.26 Å². The largest absolute Gasteiger partial charge is 0.469 e. The first-order chi connectivity index (χ1) is 19.9. The zero-order valence-electron chi connectivity index (χ0n) is 24.1. The number of rotatable bonds is 8. The molecule has 2 heterocycles. The summed E-state index contributed by atoms with van der Waals surface area (Å²) < 4.78 is 17.6. The van der Waals surface area contributed by atoms with Crippen LogP contribution in [0.3, 0.4) is 0 Å². The van der Waals surface area contributed by atoms with E-state index in [1.165, 1.54) is 23.6 Å². The van der Waals surface area contributed by atoms with Crippen molar-refractivity contribution >= 4 is 46.9 Å². The van der Waals surface area contributed by atoms with Crippen LogP contribution < -0.4 is 4.74 Å². The lowest BCUT2D eigenvalue weighted by atomic mass is 9.75. The molecule has 0 saturated heterocycles. The van der Waals surface area contributed by atoms with Gasteiger partial charge < -0.3 is 19.1 Å². The van der Waals surface area contributed by atoms with Crippen molar-refractivity contribution in [3.05, 3.63) is 39.4 Å². The second-order valence-electron chi connectivity index (χ2n) is 10.9. The van der Waals surface area contributed by atoms with Gasteiger partial charge in [-0.1, -0.05) is 44.0 Å². The van der Waals surface area contributed by atoms with E-state index in [9.17, 15) is 19.6 Å². The van der Waals surface area contributed by atoms with Gasteiger partial charge in [0.05, 0.1) is 17.2 Å². The Hall–Kier alpha value is -3.75. The molecule has 2 atom stereocenters. The molecule has 1 N–H and O–H groups in total. The molecule has 4 rings (SSSR count). The second-order valence-corrected chi connectivity index (χ2v) is 11.7. The molecule has 11 nitrogen and oxygen atoms in total. The van der Waals surface area contributed by atoms with E-state index in [1.54, 1.807) is 18.2 Å². The molecule has 1 saturated carbocycles. The lowest BCUT2D eigenvalue weighted by Crippen LogP contribution is -2.37. The van der Waals surface area contributed by atoms with Crippen molar-refractivity contribution in [3.8, 4) is 23.3 Å². The Bertz CT molecular complexity index is 1530. The van der Waals surface area contributed by atoms with E-state index in [0.29, 0.717) is 33.8 Å². The standard InChI is InChI=1S/C29H33Cl2N5O6/c1-15-11-16(2)24(17(3)12-15)41-28(38)23-19(14-32)27(42-29(39)35(4)10-6-7-22(37)40-5)36-26(23)33-25(34-36)18-8-9-20(30)21(31)13-18/h8-9,13,15-17,24H,6-7,10-12H2,1-5H3,(H,33,34). The predicted molar refractivity (Wildman–Crippen MR) is 156 cm³/mol. The number of fused-ring (bicyclic) bond motifs is 1. The third kappa shape index (κ3) is 6.50. The summed E-state index contributed by atoms with van der Waals surface area (Å²) in [7, 11) is 2.78. The SMILES string of the molecule is COC(=O)CCCN(C)C(=O)Oc1c(C#N)c(C(=O)OC2C(C)CC(C)CC2C)c2nc(-c3ccc(Cl)c(Cl)c3)[nH]n12. The number of hydrogen-bond donors (Lipinski definition) is 1. The number of carbonyl (C=O) groups excluding carboxylic acids is 3. The van der Waals surface area contributed by atoms with Crippen molar-refractivity contribution in [2.75, 3.05) is 20.7 Å². The molecule has 224 valence electrons. The van der Waals surface area contributed by atoms with Gasteiger partial charge >= 0.3 is 18.0 Å². The highest BCUT2D eigenvalue weighted by Crippen LogP contribution is 2.37. The molecule has 1 aromatic carbocycles. The highest BCUT2D eigenvalue weighted by Gasteiger charge is 2.37. The Kier molecular flexibility index (Phi) is 9.69. The highest BCUT2D eigenvalue weighted by atomic mass is 35.5. The smallest absolute Gasteiger partial charge is 0.416 e. The summed E-state index contributed by atoms with van der Waals surface area (Å²) in [6.07, 6.45) is 1.13. The number of nitrogens with one attached hydrogen (secondary N) is 1. The van der Waals surface area contributed by atoms with E-state index in [1.807, 2.05) is 19.9 Å². The second kappa shape index (κ2) is 13.0. The molecule has 2 unspecified atom stereocenters. The first kappa shape index (κ1) is 31.2. The topological polar surface area (TPSA) is 139 Å². The molecule has 0 bridgehead atoms. The Morgan fingerprint density at radius 1 is 1.17 bits per heavy atom. The number of carbonyl (C=O) groups is 3. The Balaban J connectivity index is 1.73. The van der Waals surface area contributed by atoms with Crippen molar-refractivity contribution in [2.24, 2.45) is 17.8 Å². The Morgan fingerprint density at radius 2 is 1.86 bits per heavy atom. The maximum atomic E-state index is 13.7. The number of amides is 1. The van der Waals surface area contributed by atoms with Gasteiger partial charge in [0, 0.05) is 25.6 Å². The fraction of sp³-hybridized carbons (Fsp3) is 0.483. The number of halogens is 2. The minimum absolute atomic E-state index is 0.0539. The van der Waals surface area contributed by atoms with E-state index in [4.69, 9.17) is 32.7 Å². The number of nitrogens with zero attached hydrogens (tertiary/aromatic N) is 4. The summed E-state index contributed by atoms with van der Waals surface area (Å²) >= 11 is 12.3. The molecule has 1 aliphatic carbocycles. The van der Waals surface area contributed by atoms with Gasteiger partial charge in [-0.3, -0.25) is 9.89 Å². The molecule has 42 heavy (non-hydrogen) atoms. The molecule has 0 aliphatic heterocycles. The number of aromatic nitrogens is 3. The number of hydrogen-bond acceptors (Lipinski definition) is 8. The first-order valence-electron chi connectivity index (χ1n) is 13.7. The molecule has 2 aromatic heterocycles. The number of benzene rings is 1. The zero-order valence-corrected chi connectivity index (χ0v) is 25.6. The summed E-state index contributed by atoms with van der Waals surface area (Å²) in [5.74, 6) is -0.305.